The standard InChI is InChI=1S/C17H26N2O2/c1-14-3-2-4-16(19-14)13-20-11-5-15-6-12-21-17(15)7-9-18-10-8-17/h2-4,15,18H,5-13H2,1H3/t15-/m1/s1. The van der Waals surface area contributed by atoms with Crippen LogP contribution < -0.4 is 5.32 Å². The van der Waals surface area contributed by atoms with E-state index in [0.717, 1.165) is 57.0 Å². The topological polar surface area (TPSA) is 43.4 Å². The normalized spacial score (nSPS) is 24.5. The van der Waals surface area contributed by atoms with Crippen molar-refractivity contribution >= 4 is 0 Å². The van der Waals surface area contributed by atoms with Crippen LogP contribution in [-0.4, -0.2) is 36.9 Å². The third kappa shape index (κ3) is 3.62. The van der Waals surface area contributed by atoms with E-state index in [4.69, 9.17) is 9.47 Å². The lowest BCUT2D eigenvalue weighted by molar-refractivity contribution is -0.0516. The van der Waals surface area contributed by atoms with Gasteiger partial charge < -0.3 is 14.8 Å². The second-order valence-electron chi connectivity index (χ2n) is 6.26. The SMILES string of the molecule is Cc1cccc(COCC[C@@H]2CCOC23CCNCC3)n1. The van der Waals surface area contributed by atoms with Crippen LogP contribution in [0.2, 0.25) is 0 Å². The number of aryl methyl sites for hydroxylation is 1. The lowest BCUT2D eigenvalue weighted by Gasteiger charge is -2.38. The number of piperidine rings is 1. The van der Waals surface area contributed by atoms with Crippen LogP contribution in [0.3, 0.4) is 0 Å². The summed E-state index contributed by atoms with van der Waals surface area (Å²) >= 11 is 0. The Bertz CT molecular complexity index is 458. The Hall–Kier alpha value is -0.970. The van der Waals surface area contributed by atoms with Gasteiger partial charge in [0, 0.05) is 18.9 Å². The maximum atomic E-state index is 6.12. The molecule has 3 rings (SSSR count). The lowest BCUT2D eigenvalue weighted by Crippen LogP contribution is -2.46. The van der Waals surface area contributed by atoms with Gasteiger partial charge in [-0.05, 0) is 63.7 Å². The van der Waals surface area contributed by atoms with Gasteiger partial charge in [0.15, 0.2) is 0 Å². The Balaban J connectivity index is 1.44. The van der Waals surface area contributed by atoms with E-state index >= 15 is 0 Å². The molecular weight excluding hydrogens is 264 g/mol. The summed E-state index contributed by atoms with van der Waals surface area (Å²) in [6, 6.07) is 6.08. The van der Waals surface area contributed by atoms with Crippen LogP contribution in [0.4, 0.5) is 0 Å². The van der Waals surface area contributed by atoms with Crippen LogP contribution in [0, 0.1) is 12.8 Å². The number of nitrogens with zero attached hydrogens (tertiary/aromatic N) is 1. The van der Waals surface area contributed by atoms with E-state index in [1.165, 1.54) is 6.42 Å². The van der Waals surface area contributed by atoms with Crippen LogP contribution in [0.5, 0.6) is 0 Å². The summed E-state index contributed by atoms with van der Waals surface area (Å²) in [7, 11) is 0. The lowest BCUT2D eigenvalue weighted by atomic mass is 9.78. The number of aromatic nitrogens is 1. The third-order valence-electron chi connectivity index (χ3n) is 4.86. The molecule has 2 aliphatic heterocycles. The predicted molar refractivity (Wildman–Crippen MR) is 82.1 cm³/mol. The van der Waals surface area contributed by atoms with Gasteiger partial charge in [0.25, 0.3) is 0 Å². The molecule has 0 unspecified atom stereocenters. The molecule has 0 saturated carbocycles. The molecule has 4 heteroatoms. The van der Waals surface area contributed by atoms with Gasteiger partial charge in [0.2, 0.25) is 0 Å². The fraction of sp³-hybridized carbons (Fsp3) is 0.706. The zero-order valence-electron chi connectivity index (χ0n) is 12.9. The molecule has 0 amide bonds. The number of nitrogens with one attached hydrogen (secondary N) is 1. The summed E-state index contributed by atoms with van der Waals surface area (Å²) in [4.78, 5) is 4.47. The van der Waals surface area contributed by atoms with Crippen LogP contribution in [0.1, 0.15) is 37.1 Å². The van der Waals surface area contributed by atoms with Gasteiger partial charge in [0.1, 0.15) is 0 Å². The summed E-state index contributed by atoms with van der Waals surface area (Å²) in [6.45, 7) is 6.53. The zero-order valence-corrected chi connectivity index (χ0v) is 12.9. The van der Waals surface area contributed by atoms with Gasteiger partial charge >= 0.3 is 0 Å². The Morgan fingerprint density at radius 2 is 2.24 bits per heavy atom. The van der Waals surface area contributed by atoms with Crippen molar-refractivity contribution in [2.45, 2.75) is 44.8 Å². The van der Waals surface area contributed by atoms with E-state index in [2.05, 4.69) is 10.3 Å². The van der Waals surface area contributed by atoms with Crippen LogP contribution in [0.15, 0.2) is 18.2 Å². The first-order chi connectivity index (χ1) is 10.3. The maximum absolute atomic E-state index is 6.12. The number of pyridine rings is 1. The monoisotopic (exact) mass is 290 g/mol. The highest BCUT2D eigenvalue weighted by Crippen LogP contribution is 2.40. The van der Waals surface area contributed by atoms with Crippen molar-refractivity contribution in [3.05, 3.63) is 29.6 Å². The minimum absolute atomic E-state index is 0.135. The average molecular weight is 290 g/mol. The molecule has 0 radical (unpaired) electrons. The molecular formula is C17H26N2O2. The smallest absolute Gasteiger partial charge is 0.0887 e. The third-order valence-corrected chi connectivity index (χ3v) is 4.86. The number of ether oxygens (including phenoxy) is 2. The van der Waals surface area contributed by atoms with Crippen molar-refractivity contribution in [1.82, 2.24) is 10.3 Å². The van der Waals surface area contributed by atoms with E-state index in [-0.39, 0.29) is 5.60 Å². The Morgan fingerprint density at radius 1 is 1.38 bits per heavy atom. The first kappa shape index (κ1) is 14.9. The first-order valence-corrected chi connectivity index (χ1v) is 8.13. The van der Waals surface area contributed by atoms with Crippen LogP contribution >= 0.6 is 0 Å². The van der Waals surface area contributed by atoms with Gasteiger partial charge in [-0.2, -0.15) is 0 Å². The molecule has 1 N–H and O–H groups in total. The number of hydrogen-bond donors (Lipinski definition) is 1. The highest BCUT2D eigenvalue weighted by molar-refractivity contribution is 5.08. The van der Waals surface area contributed by atoms with Crippen molar-refractivity contribution in [3.63, 3.8) is 0 Å². The maximum Gasteiger partial charge on any atom is 0.0887 e. The summed E-state index contributed by atoms with van der Waals surface area (Å²) in [5.74, 6) is 0.657. The quantitative estimate of drug-likeness (QED) is 0.846. The molecule has 1 aromatic rings. The fourth-order valence-corrected chi connectivity index (χ4v) is 3.68. The zero-order chi connectivity index (χ0) is 14.5. The molecule has 2 fully saturated rings. The molecule has 1 spiro atoms. The van der Waals surface area contributed by atoms with Gasteiger partial charge in [-0.1, -0.05) is 6.07 Å². The molecule has 1 aromatic heterocycles. The van der Waals surface area contributed by atoms with Crippen molar-refractivity contribution in [1.29, 1.82) is 0 Å². The number of hydrogen-bond acceptors (Lipinski definition) is 4. The molecule has 2 saturated heterocycles. The van der Waals surface area contributed by atoms with Crippen molar-refractivity contribution < 1.29 is 9.47 Å². The average Bonchev–Trinajstić information content (AvgIpc) is 2.87. The second-order valence-corrected chi connectivity index (χ2v) is 6.26. The Labute approximate surface area is 127 Å². The van der Waals surface area contributed by atoms with E-state index in [0.29, 0.717) is 12.5 Å². The Kier molecular flexibility index (Phi) is 4.88. The van der Waals surface area contributed by atoms with Crippen molar-refractivity contribution in [2.75, 3.05) is 26.3 Å². The molecule has 4 nitrogen and oxygen atoms in total. The van der Waals surface area contributed by atoms with E-state index < -0.39 is 0 Å². The largest absolute Gasteiger partial charge is 0.375 e. The number of rotatable bonds is 5. The van der Waals surface area contributed by atoms with Gasteiger partial charge in [0.05, 0.1) is 17.9 Å². The van der Waals surface area contributed by atoms with Gasteiger partial charge in [-0.15, -0.1) is 0 Å². The molecule has 116 valence electrons. The molecule has 0 aromatic carbocycles. The summed E-state index contributed by atoms with van der Waals surface area (Å²) < 4.78 is 12.0. The Morgan fingerprint density at radius 3 is 3.05 bits per heavy atom. The molecule has 1 atom stereocenters. The molecule has 0 aliphatic carbocycles. The molecule has 21 heavy (non-hydrogen) atoms. The molecule has 3 heterocycles. The molecule has 0 bridgehead atoms. The van der Waals surface area contributed by atoms with E-state index in [1.807, 2.05) is 25.1 Å². The molecule has 2 aliphatic rings. The first-order valence-electron chi connectivity index (χ1n) is 8.13. The second kappa shape index (κ2) is 6.86. The van der Waals surface area contributed by atoms with E-state index in [1.54, 1.807) is 0 Å². The summed E-state index contributed by atoms with van der Waals surface area (Å²) in [5.41, 5.74) is 2.21. The highest BCUT2D eigenvalue weighted by atomic mass is 16.5. The minimum atomic E-state index is 0.135. The van der Waals surface area contributed by atoms with Crippen LogP contribution in [-0.2, 0) is 16.1 Å². The minimum Gasteiger partial charge on any atom is -0.375 e. The highest BCUT2D eigenvalue weighted by Gasteiger charge is 2.44. The van der Waals surface area contributed by atoms with Gasteiger partial charge in [-0.3, -0.25) is 4.98 Å². The van der Waals surface area contributed by atoms with Crippen molar-refractivity contribution in [2.24, 2.45) is 5.92 Å². The van der Waals surface area contributed by atoms with Crippen LogP contribution in [0.25, 0.3) is 0 Å². The summed E-state index contributed by atoms with van der Waals surface area (Å²) in [5, 5.41) is 3.43. The predicted octanol–water partition coefficient (Wildman–Crippen LogP) is 2.46. The van der Waals surface area contributed by atoms with E-state index in [9.17, 15) is 0 Å². The summed E-state index contributed by atoms with van der Waals surface area (Å²) in [6.07, 6.45) is 4.59. The fourth-order valence-electron chi connectivity index (χ4n) is 3.68. The van der Waals surface area contributed by atoms with Crippen molar-refractivity contribution in [3.8, 4) is 0 Å². The van der Waals surface area contributed by atoms with Gasteiger partial charge in [-0.25, -0.2) is 0 Å².